The van der Waals surface area contributed by atoms with Gasteiger partial charge in [0.2, 0.25) is 5.82 Å². The summed E-state index contributed by atoms with van der Waals surface area (Å²) in [6.07, 6.45) is 1.41. The molecule has 1 aliphatic heterocycles. The van der Waals surface area contributed by atoms with Crippen LogP contribution in [0.5, 0.6) is 5.75 Å². The number of halogens is 1. The van der Waals surface area contributed by atoms with Crippen LogP contribution in [0.1, 0.15) is 10.6 Å². The summed E-state index contributed by atoms with van der Waals surface area (Å²) in [5.41, 5.74) is 1.20. The molecule has 1 N–H and O–H groups in total. The molecule has 0 atom stereocenters. The molecule has 0 bridgehead atoms. The van der Waals surface area contributed by atoms with Gasteiger partial charge in [0.25, 0.3) is 0 Å². The third-order valence-electron chi connectivity index (χ3n) is 3.84. The largest absolute Gasteiger partial charge is 0.491 e. The Morgan fingerprint density at radius 3 is 2.84 bits per heavy atom. The highest BCUT2D eigenvalue weighted by atomic mass is 35.5. The molecule has 1 aromatic heterocycles. The summed E-state index contributed by atoms with van der Waals surface area (Å²) in [5.74, 6) is -0.832. The van der Waals surface area contributed by atoms with Crippen molar-refractivity contribution in [2.24, 2.45) is 0 Å². The van der Waals surface area contributed by atoms with Gasteiger partial charge in [0.05, 0.1) is 23.9 Å². The minimum Gasteiger partial charge on any atom is -0.491 e. The Hall–Kier alpha value is -2.22. The molecule has 0 saturated carbocycles. The number of hydrogen-bond acceptors (Lipinski definition) is 6. The Labute approximate surface area is 150 Å². The Bertz CT molecular complexity index is 750. The van der Waals surface area contributed by atoms with E-state index in [9.17, 15) is 4.79 Å². The molecule has 0 aliphatic carbocycles. The van der Waals surface area contributed by atoms with Gasteiger partial charge in [-0.25, -0.2) is 14.8 Å². The molecule has 2 aromatic rings. The highest BCUT2D eigenvalue weighted by Gasteiger charge is 2.12. The number of carboxylic acids is 1. The molecule has 1 aromatic carbocycles. The molecule has 25 heavy (non-hydrogen) atoms. The normalized spacial score (nSPS) is 15.1. The van der Waals surface area contributed by atoms with Crippen LogP contribution < -0.4 is 4.74 Å². The first kappa shape index (κ1) is 17.6. The molecule has 1 saturated heterocycles. The fraction of sp³-hybridized carbons (Fsp3) is 0.353. The predicted molar refractivity (Wildman–Crippen MR) is 92.2 cm³/mol. The molecule has 1 aliphatic rings. The second-order valence-electron chi connectivity index (χ2n) is 5.52. The number of benzene rings is 1. The summed E-state index contributed by atoms with van der Waals surface area (Å²) in [6.45, 7) is 4.69. The van der Waals surface area contributed by atoms with Crippen LogP contribution in [-0.2, 0) is 4.74 Å². The van der Waals surface area contributed by atoms with Gasteiger partial charge in [-0.15, -0.1) is 0 Å². The van der Waals surface area contributed by atoms with E-state index in [2.05, 4.69) is 14.9 Å². The van der Waals surface area contributed by atoms with Gasteiger partial charge in [0.15, 0.2) is 0 Å². The number of rotatable bonds is 6. The van der Waals surface area contributed by atoms with Crippen LogP contribution in [0.2, 0.25) is 5.02 Å². The quantitative estimate of drug-likeness (QED) is 0.842. The highest BCUT2D eigenvalue weighted by molar-refractivity contribution is 6.32. The third-order valence-corrected chi connectivity index (χ3v) is 4.14. The number of hydrogen-bond donors (Lipinski definition) is 1. The van der Waals surface area contributed by atoms with Crippen LogP contribution in [0.25, 0.3) is 11.3 Å². The van der Waals surface area contributed by atoms with Crippen LogP contribution >= 0.6 is 11.6 Å². The van der Waals surface area contributed by atoms with Crippen LogP contribution in [-0.4, -0.2) is 65.4 Å². The molecule has 0 unspecified atom stereocenters. The molecule has 2 heterocycles. The van der Waals surface area contributed by atoms with Crippen molar-refractivity contribution in [3.8, 4) is 17.0 Å². The lowest BCUT2D eigenvalue weighted by molar-refractivity contribution is 0.0322. The summed E-state index contributed by atoms with van der Waals surface area (Å²) in [5, 5.41) is 9.43. The number of aromatic carboxylic acids is 1. The zero-order valence-electron chi connectivity index (χ0n) is 13.5. The van der Waals surface area contributed by atoms with Crippen LogP contribution in [0.3, 0.4) is 0 Å². The van der Waals surface area contributed by atoms with Crippen molar-refractivity contribution in [3.63, 3.8) is 0 Å². The lowest BCUT2D eigenvalue weighted by Crippen LogP contribution is -2.38. The van der Waals surface area contributed by atoms with Gasteiger partial charge in [0, 0.05) is 31.4 Å². The highest BCUT2D eigenvalue weighted by Crippen LogP contribution is 2.29. The Morgan fingerprint density at radius 1 is 1.32 bits per heavy atom. The molecule has 3 rings (SSSR count). The molecule has 0 radical (unpaired) electrons. The Balaban J connectivity index is 1.64. The molecular formula is C17H18ClN3O4. The topological polar surface area (TPSA) is 84.8 Å². The van der Waals surface area contributed by atoms with E-state index in [1.165, 1.54) is 6.20 Å². The first-order valence-electron chi connectivity index (χ1n) is 7.92. The predicted octanol–water partition coefficient (Wildman–Crippen LogP) is 2.21. The third kappa shape index (κ3) is 4.66. The fourth-order valence-corrected chi connectivity index (χ4v) is 2.74. The lowest BCUT2D eigenvalue weighted by atomic mass is 10.1. The molecule has 7 nitrogen and oxygen atoms in total. The van der Waals surface area contributed by atoms with Gasteiger partial charge in [-0.05, 0) is 24.3 Å². The summed E-state index contributed by atoms with van der Waals surface area (Å²) in [6, 6.07) is 6.90. The van der Waals surface area contributed by atoms with Crippen LogP contribution in [0.4, 0.5) is 0 Å². The number of carbonyl (C=O) groups is 1. The number of morpholine rings is 1. The second-order valence-corrected chi connectivity index (χ2v) is 5.93. The molecule has 8 heteroatoms. The molecule has 1 fully saturated rings. The average molecular weight is 364 g/mol. The summed E-state index contributed by atoms with van der Waals surface area (Å²) in [4.78, 5) is 21.0. The van der Waals surface area contributed by atoms with Crippen LogP contribution in [0, 0.1) is 0 Å². The maximum Gasteiger partial charge on any atom is 0.373 e. The standard InChI is InChI=1S/C17H18ClN3O4/c18-13-11-12(14-3-4-19-16(20-14)17(22)23)1-2-15(13)25-10-7-21-5-8-24-9-6-21/h1-4,11H,5-10H2,(H,22,23). The monoisotopic (exact) mass is 363 g/mol. The minimum atomic E-state index is -1.17. The number of aromatic nitrogens is 2. The number of nitrogens with zero attached hydrogens (tertiary/aromatic N) is 3. The zero-order valence-corrected chi connectivity index (χ0v) is 14.3. The maximum atomic E-state index is 11.0. The van der Waals surface area contributed by atoms with E-state index >= 15 is 0 Å². The van der Waals surface area contributed by atoms with E-state index in [0.29, 0.717) is 28.6 Å². The van der Waals surface area contributed by atoms with E-state index < -0.39 is 5.97 Å². The van der Waals surface area contributed by atoms with Crippen molar-refractivity contribution < 1.29 is 19.4 Å². The fourth-order valence-electron chi connectivity index (χ4n) is 2.51. The molecule has 0 amide bonds. The smallest absolute Gasteiger partial charge is 0.373 e. The minimum absolute atomic E-state index is 0.250. The van der Waals surface area contributed by atoms with Crippen molar-refractivity contribution in [2.45, 2.75) is 0 Å². The zero-order chi connectivity index (χ0) is 17.6. The van der Waals surface area contributed by atoms with Gasteiger partial charge in [0.1, 0.15) is 12.4 Å². The first-order valence-corrected chi connectivity index (χ1v) is 8.30. The summed E-state index contributed by atoms with van der Waals surface area (Å²) in [7, 11) is 0. The van der Waals surface area contributed by atoms with Crippen LogP contribution in [0.15, 0.2) is 30.5 Å². The SMILES string of the molecule is O=C(O)c1nccc(-c2ccc(OCCN3CCOCC3)c(Cl)c2)n1. The van der Waals surface area contributed by atoms with Gasteiger partial charge >= 0.3 is 5.97 Å². The average Bonchev–Trinajstić information content (AvgIpc) is 2.64. The van der Waals surface area contributed by atoms with Crippen molar-refractivity contribution in [1.82, 2.24) is 14.9 Å². The number of carboxylic acid groups (broad SMARTS) is 1. The Kier molecular flexibility index (Phi) is 5.80. The lowest BCUT2D eigenvalue weighted by Gasteiger charge is -2.26. The van der Waals surface area contributed by atoms with E-state index in [1.807, 2.05) is 0 Å². The second kappa shape index (κ2) is 8.24. The van der Waals surface area contributed by atoms with Gasteiger partial charge in [-0.1, -0.05) is 11.6 Å². The van der Waals surface area contributed by atoms with E-state index in [1.54, 1.807) is 24.3 Å². The maximum absolute atomic E-state index is 11.0. The molecule has 132 valence electrons. The number of ether oxygens (including phenoxy) is 2. The van der Waals surface area contributed by atoms with Gasteiger partial charge < -0.3 is 14.6 Å². The summed E-state index contributed by atoms with van der Waals surface area (Å²) >= 11 is 6.28. The van der Waals surface area contributed by atoms with E-state index in [4.69, 9.17) is 26.2 Å². The first-order chi connectivity index (χ1) is 12.1. The van der Waals surface area contributed by atoms with Gasteiger partial charge in [-0.2, -0.15) is 0 Å². The molecular weight excluding hydrogens is 346 g/mol. The van der Waals surface area contributed by atoms with Crippen molar-refractivity contribution >= 4 is 17.6 Å². The summed E-state index contributed by atoms with van der Waals surface area (Å²) < 4.78 is 11.1. The van der Waals surface area contributed by atoms with E-state index in [0.717, 1.165) is 32.8 Å². The molecule has 0 spiro atoms. The Morgan fingerprint density at radius 2 is 2.12 bits per heavy atom. The van der Waals surface area contributed by atoms with Crippen molar-refractivity contribution in [2.75, 3.05) is 39.5 Å². The van der Waals surface area contributed by atoms with E-state index in [-0.39, 0.29) is 5.82 Å². The van der Waals surface area contributed by atoms with Crippen molar-refractivity contribution in [3.05, 3.63) is 41.3 Å². The van der Waals surface area contributed by atoms with Gasteiger partial charge in [-0.3, -0.25) is 4.90 Å². The van der Waals surface area contributed by atoms with Crippen molar-refractivity contribution in [1.29, 1.82) is 0 Å².